The van der Waals surface area contributed by atoms with Crippen molar-refractivity contribution in [1.29, 1.82) is 0 Å². The predicted molar refractivity (Wildman–Crippen MR) is 114 cm³/mol. The summed E-state index contributed by atoms with van der Waals surface area (Å²) in [6.07, 6.45) is 1.06. The van der Waals surface area contributed by atoms with Crippen molar-refractivity contribution in [3.8, 4) is 0 Å². The largest absolute Gasteiger partial charge is 0.444 e. The molecule has 1 aliphatic rings. The van der Waals surface area contributed by atoms with Gasteiger partial charge in [-0.15, -0.1) is 0 Å². The van der Waals surface area contributed by atoms with Crippen molar-refractivity contribution < 1.29 is 18.7 Å². The third-order valence-electron chi connectivity index (χ3n) is 4.45. The van der Waals surface area contributed by atoms with Crippen molar-refractivity contribution in [2.75, 3.05) is 20.2 Å². The lowest BCUT2D eigenvalue weighted by molar-refractivity contribution is 0.0305. The van der Waals surface area contributed by atoms with E-state index in [-0.39, 0.29) is 13.2 Å². The molecule has 6 nitrogen and oxygen atoms in total. The molecule has 0 bridgehead atoms. The lowest BCUT2D eigenvalue weighted by atomic mass is 10.1. The van der Waals surface area contributed by atoms with E-state index in [0.717, 1.165) is 11.1 Å². The second-order valence-corrected chi connectivity index (χ2v) is 8.97. The summed E-state index contributed by atoms with van der Waals surface area (Å²) in [6, 6.07) is 5.22. The topological polar surface area (TPSA) is 56.6 Å². The highest BCUT2D eigenvalue weighted by Gasteiger charge is 2.26. The minimum atomic E-state index is -0.660. The minimum Gasteiger partial charge on any atom is -0.444 e. The molecule has 0 radical (unpaired) electrons. The fourth-order valence-electron chi connectivity index (χ4n) is 3.06. The van der Waals surface area contributed by atoms with Crippen molar-refractivity contribution in [1.82, 2.24) is 14.7 Å². The van der Waals surface area contributed by atoms with E-state index in [9.17, 15) is 4.79 Å². The summed E-state index contributed by atoms with van der Waals surface area (Å²) >= 11 is 12.3. The van der Waals surface area contributed by atoms with E-state index in [2.05, 4.69) is 5.10 Å². The molecule has 1 aromatic carbocycles. The molecule has 1 aliphatic heterocycles. The summed E-state index contributed by atoms with van der Waals surface area (Å²) in [7, 11) is 1.49. The van der Waals surface area contributed by atoms with Crippen molar-refractivity contribution in [3.63, 3.8) is 0 Å². The molecule has 0 atom stereocenters. The average molecular weight is 456 g/mol. The van der Waals surface area contributed by atoms with E-state index in [4.69, 9.17) is 32.7 Å². The Morgan fingerprint density at radius 3 is 2.73 bits per heavy atom. The third-order valence-corrected chi connectivity index (χ3v) is 5.04. The van der Waals surface area contributed by atoms with Gasteiger partial charge in [-0.05, 0) is 38.5 Å². The standard InChI is InChI=1S/C21H24Cl2FN3O3/c1-21(2,3)30-20(28)26(4)10-18(24)16-12-29-11-14-8-25-27(19(14)16)9-13-5-6-15(22)7-17(13)23/h5-8H,9-12H2,1-4H3/b18-16-. The molecule has 0 spiro atoms. The fraction of sp³-hybridized carbons (Fsp3) is 0.429. The van der Waals surface area contributed by atoms with Crippen LogP contribution >= 0.6 is 23.2 Å². The summed E-state index contributed by atoms with van der Waals surface area (Å²) < 4.78 is 27.7. The Kier molecular flexibility index (Phi) is 6.75. The van der Waals surface area contributed by atoms with Crippen molar-refractivity contribution >= 4 is 34.9 Å². The van der Waals surface area contributed by atoms with Gasteiger partial charge in [0.2, 0.25) is 0 Å². The van der Waals surface area contributed by atoms with Crippen LogP contribution < -0.4 is 0 Å². The van der Waals surface area contributed by atoms with Gasteiger partial charge in [-0.3, -0.25) is 4.68 Å². The molecule has 2 heterocycles. The maximum atomic E-state index is 15.2. The number of rotatable bonds is 4. The number of ether oxygens (including phenoxy) is 2. The summed E-state index contributed by atoms with van der Waals surface area (Å²) in [4.78, 5) is 13.4. The number of benzene rings is 1. The summed E-state index contributed by atoms with van der Waals surface area (Å²) in [5.74, 6) is -0.478. The molecule has 1 aromatic heterocycles. The van der Waals surface area contributed by atoms with Gasteiger partial charge in [0.25, 0.3) is 0 Å². The van der Waals surface area contributed by atoms with Gasteiger partial charge in [0.15, 0.2) is 0 Å². The molecular formula is C21H24Cl2FN3O3. The SMILES string of the molecule is CN(C/C(F)=C1\COCc2cnn(Cc3ccc(Cl)cc3Cl)c21)C(=O)OC(C)(C)C. The highest BCUT2D eigenvalue weighted by Crippen LogP contribution is 2.31. The number of carbonyl (C=O) groups excluding carboxylic acids is 1. The van der Waals surface area contributed by atoms with Crippen molar-refractivity contribution in [3.05, 3.63) is 57.1 Å². The van der Waals surface area contributed by atoms with Crippen LogP contribution in [0.5, 0.6) is 0 Å². The van der Waals surface area contributed by atoms with Crippen molar-refractivity contribution in [2.45, 2.75) is 39.5 Å². The Bertz CT molecular complexity index is 982. The Hall–Kier alpha value is -2.09. The van der Waals surface area contributed by atoms with Crippen LogP contribution in [0.1, 0.15) is 37.6 Å². The number of likely N-dealkylation sites (N-methyl/N-ethyl adjacent to an activating group) is 1. The van der Waals surface area contributed by atoms with E-state index < -0.39 is 17.5 Å². The third kappa shape index (κ3) is 5.33. The number of hydrogen-bond donors (Lipinski definition) is 0. The van der Waals surface area contributed by atoms with E-state index in [0.29, 0.717) is 34.5 Å². The van der Waals surface area contributed by atoms with Crippen molar-refractivity contribution in [2.24, 2.45) is 0 Å². The predicted octanol–water partition coefficient (Wildman–Crippen LogP) is 5.32. The molecular weight excluding hydrogens is 432 g/mol. The second kappa shape index (κ2) is 8.96. The Morgan fingerprint density at radius 2 is 2.07 bits per heavy atom. The van der Waals surface area contributed by atoms with Crippen LogP contribution in [0.4, 0.5) is 9.18 Å². The Balaban J connectivity index is 1.87. The molecule has 0 saturated heterocycles. The van der Waals surface area contributed by atoms with E-state index >= 15 is 4.39 Å². The molecule has 30 heavy (non-hydrogen) atoms. The average Bonchev–Trinajstić information content (AvgIpc) is 3.05. The van der Waals surface area contributed by atoms with Gasteiger partial charge in [0, 0.05) is 28.2 Å². The van der Waals surface area contributed by atoms with Gasteiger partial charge in [-0.1, -0.05) is 29.3 Å². The first-order valence-corrected chi connectivity index (χ1v) is 10.2. The first-order valence-electron chi connectivity index (χ1n) is 9.43. The zero-order valence-corrected chi connectivity index (χ0v) is 18.8. The quantitative estimate of drug-likeness (QED) is 0.625. The monoisotopic (exact) mass is 455 g/mol. The lowest BCUT2D eigenvalue weighted by Crippen LogP contribution is -2.35. The van der Waals surface area contributed by atoms with Gasteiger partial charge >= 0.3 is 6.09 Å². The zero-order valence-electron chi connectivity index (χ0n) is 17.3. The van der Waals surface area contributed by atoms with Crippen LogP contribution in [0.25, 0.3) is 5.57 Å². The number of hydrogen-bond acceptors (Lipinski definition) is 4. The number of halogens is 3. The molecule has 3 rings (SSSR count). The van der Waals surface area contributed by atoms with Crippen LogP contribution in [0.15, 0.2) is 30.2 Å². The molecule has 9 heteroatoms. The molecule has 0 unspecified atom stereocenters. The highest BCUT2D eigenvalue weighted by molar-refractivity contribution is 6.35. The Morgan fingerprint density at radius 1 is 1.33 bits per heavy atom. The van der Waals surface area contributed by atoms with Crippen LogP contribution in [0.3, 0.4) is 0 Å². The van der Waals surface area contributed by atoms with Gasteiger partial charge < -0.3 is 14.4 Å². The van der Waals surface area contributed by atoms with Gasteiger partial charge in [0.1, 0.15) is 11.4 Å². The molecule has 0 aliphatic carbocycles. The molecule has 0 saturated carbocycles. The second-order valence-electron chi connectivity index (χ2n) is 8.12. The molecule has 0 fully saturated rings. The normalized spacial score (nSPS) is 15.6. The number of carbonyl (C=O) groups is 1. The van der Waals surface area contributed by atoms with Gasteiger partial charge in [-0.25, -0.2) is 9.18 Å². The van der Waals surface area contributed by atoms with Crippen LogP contribution in [-0.4, -0.2) is 46.6 Å². The first kappa shape index (κ1) is 22.6. The van der Waals surface area contributed by atoms with Crippen LogP contribution in [-0.2, 0) is 22.6 Å². The summed E-state index contributed by atoms with van der Waals surface area (Å²) in [5, 5.41) is 5.44. The molecule has 2 aromatic rings. The highest BCUT2D eigenvalue weighted by atomic mass is 35.5. The van der Waals surface area contributed by atoms with E-state index in [1.807, 2.05) is 6.07 Å². The smallest absolute Gasteiger partial charge is 0.410 e. The molecule has 0 N–H and O–H groups in total. The zero-order chi connectivity index (χ0) is 22.1. The van der Waals surface area contributed by atoms with Gasteiger partial charge in [0.05, 0.1) is 38.2 Å². The fourth-order valence-corrected chi connectivity index (χ4v) is 3.52. The Labute approximate surface area is 185 Å². The summed E-state index contributed by atoms with van der Waals surface area (Å²) in [5.41, 5.74) is 1.92. The van der Waals surface area contributed by atoms with E-state index in [1.165, 1.54) is 11.9 Å². The van der Waals surface area contributed by atoms with Gasteiger partial charge in [-0.2, -0.15) is 5.10 Å². The van der Waals surface area contributed by atoms with Crippen LogP contribution in [0, 0.1) is 0 Å². The number of fused-ring (bicyclic) bond motifs is 1. The number of nitrogens with zero attached hydrogens (tertiary/aromatic N) is 3. The van der Waals surface area contributed by atoms with E-state index in [1.54, 1.807) is 43.8 Å². The lowest BCUT2D eigenvalue weighted by Gasteiger charge is -2.25. The summed E-state index contributed by atoms with van der Waals surface area (Å²) in [6.45, 7) is 5.81. The maximum Gasteiger partial charge on any atom is 0.410 e. The van der Waals surface area contributed by atoms with Crippen LogP contribution in [0.2, 0.25) is 10.0 Å². The molecule has 162 valence electrons. The number of amides is 1. The molecule has 1 amide bonds. The first-order chi connectivity index (χ1) is 14.0. The number of aromatic nitrogens is 2. The minimum absolute atomic E-state index is 0.0844. The maximum absolute atomic E-state index is 15.2.